The van der Waals surface area contributed by atoms with Gasteiger partial charge in [-0.1, -0.05) is 52.4 Å². The Kier molecular flexibility index (Phi) is 12.3. The minimum atomic E-state index is -0.826. The maximum atomic E-state index is 14.6. The molecule has 0 aliphatic heterocycles. The van der Waals surface area contributed by atoms with Crippen LogP contribution in [0.1, 0.15) is 85.9 Å². The van der Waals surface area contributed by atoms with Gasteiger partial charge in [0.15, 0.2) is 11.6 Å². The molecule has 3 aromatic rings. The molecular formula is C32H37FO6. The molecule has 0 fully saturated rings. The van der Waals surface area contributed by atoms with Crippen molar-refractivity contribution in [1.29, 1.82) is 0 Å². The Morgan fingerprint density at radius 2 is 1.05 bits per heavy atom. The number of ether oxygens (including phenoxy) is 4. The van der Waals surface area contributed by atoms with Gasteiger partial charge in [0.05, 0.1) is 24.3 Å². The molecule has 0 heterocycles. The van der Waals surface area contributed by atoms with E-state index < -0.39 is 17.8 Å². The SMILES string of the molecule is CCCCCCOc1ccc(C(=O)Oc2ccc(OC(=O)c3ccc(OCCCCCC)cc3)c(F)c2)cc1. The summed E-state index contributed by atoms with van der Waals surface area (Å²) >= 11 is 0. The molecule has 3 aromatic carbocycles. The van der Waals surface area contributed by atoms with Crippen LogP contribution in [0.15, 0.2) is 66.7 Å². The summed E-state index contributed by atoms with van der Waals surface area (Å²) in [6, 6.07) is 16.7. The quantitative estimate of drug-likeness (QED) is 0.104. The molecule has 0 aliphatic rings. The average Bonchev–Trinajstić information content (AvgIpc) is 2.95. The largest absolute Gasteiger partial charge is 0.494 e. The summed E-state index contributed by atoms with van der Waals surface area (Å²) < 4.78 is 36.5. The van der Waals surface area contributed by atoms with Crippen LogP contribution in [0.4, 0.5) is 4.39 Å². The van der Waals surface area contributed by atoms with Gasteiger partial charge in [0.25, 0.3) is 0 Å². The number of carbonyl (C=O) groups is 2. The molecule has 0 amide bonds. The molecular weight excluding hydrogens is 499 g/mol. The highest BCUT2D eigenvalue weighted by Crippen LogP contribution is 2.25. The fourth-order valence-corrected chi connectivity index (χ4v) is 3.76. The monoisotopic (exact) mass is 536 g/mol. The molecule has 0 atom stereocenters. The van der Waals surface area contributed by atoms with Crippen molar-refractivity contribution in [3.63, 3.8) is 0 Å². The molecule has 0 N–H and O–H groups in total. The second-order valence-electron chi connectivity index (χ2n) is 9.24. The maximum absolute atomic E-state index is 14.6. The second kappa shape index (κ2) is 16.2. The summed E-state index contributed by atoms with van der Waals surface area (Å²) in [6.07, 6.45) is 8.88. The maximum Gasteiger partial charge on any atom is 0.343 e. The van der Waals surface area contributed by atoms with Crippen LogP contribution in [0, 0.1) is 5.82 Å². The first-order valence-corrected chi connectivity index (χ1v) is 13.7. The summed E-state index contributed by atoms with van der Waals surface area (Å²) in [5.41, 5.74) is 0.564. The Labute approximate surface area is 230 Å². The summed E-state index contributed by atoms with van der Waals surface area (Å²) in [5.74, 6) is -1.12. The summed E-state index contributed by atoms with van der Waals surface area (Å²) in [4.78, 5) is 24.9. The second-order valence-corrected chi connectivity index (χ2v) is 9.24. The number of unbranched alkanes of at least 4 members (excludes halogenated alkanes) is 6. The third-order valence-electron chi connectivity index (χ3n) is 6.03. The molecule has 0 aromatic heterocycles. The van der Waals surface area contributed by atoms with E-state index in [1.54, 1.807) is 48.5 Å². The number of hydrogen-bond donors (Lipinski definition) is 0. The van der Waals surface area contributed by atoms with Crippen molar-refractivity contribution in [1.82, 2.24) is 0 Å². The van der Waals surface area contributed by atoms with E-state index in [1.807, 2.05) is 0 Å². The van der Waals surface area contributed by atoms with E-state index in [0.717, 1.165) is 38.2 Å². The van der Waals surface area contributed by atoms with Gasteiger partial charge in [-0.05, 0) is 73.5 Å². The number of hydrogen-bond acceptors (Lipinski definition) is 6. The molecule has 0 bridgehead atoms. The van der Waals surface area contributed by atoms with Gasteiger partial charge >= 0.3 is 11.9 Å². The number of halogens is 1. The van der Waals surface area contributed by atoms with Gasteiger partial charge in [-0.25, -0.2) is 14.0 Å². The molecule has 0 aliphatic carbocycles. The van der Waals surface area contributed by atoms with Gasteiger partial charge in [0.1, 0.15) is 17.2 Å². The molecule has 0 saturated heterocycles. The van der Waals surface area contributed by atoms with Crippen molar-refractivity contribution < 1.29 is 32.9 Å². The number of esters is 2. The van der Waals surface area contributed by atoms with E-state index in [1.165, 1.54) is 31.4 Å². The predicted molar refractivity (Wildman–Crippen MR) is 148 cm³/mol. The number of benzene rings is 3. The zero-order chi connectivity index (χ0) is 27.9. The lowest BCUT2D eigenvalue weighted by Gasteiger charge is -2.10. The highest BCUT2D eigenvalue weighted by molar-refractivity contribution is 5.92. The van der Waals surface area contributed by atoms with Crippen LogP contribution < -0.4 is 18.9 Å². The minimum Gasteiger partial charge on any atom is -0.494 e. The molecule has 208 valence electrons. The van der Waals surface area contributed by atoms with Gasteiger partial charge in [0, 0.05) is 6.07 Å². The molecule has 6 nitrogen and oxygen atoms in total. The Morgan fingerprint density at radius 3 is 1.51 bits per heavy atom. The number of rotatable bonds is 16. The van der Waals surface area contributed by atoms with Crippen molar-refractivity contribution >= 4 is 11.9 Å². The molecule has 3 rings (SSSR count). The van der Waals surface area contributed by atoms with Crippen LogP contribution in [-0.4, -0.2) is 25.2 Å². The average molecular weight is 537 g/mol. The van der Waals surface area contributed by atoms with Crippen LogP contribution >= 0.6 is 0 Å². The Bertz CT molecular complexity index is 1170. The molecule has 0 saturated carbocycles. The Morgan fingerprint density at radius 1 is 0.590 bits per heavy atom. The predicted octanol–water partition coefficient (Wildman–Crippen LogP) is 8.18. The molecule has 39 heavy (non-hydrogen) atoms. The molecule has 0 spiro atoms. The highest BCUT2D eigenvalue weighted by atomic mass is 19.1. The fourth-order valence-electron chi connectivity index (χ4n) is 3.76. The van der Waals surface area contributed by atoms with E-state index in [9.17, 15) is 14.0 Å². The lowest BCUT2D eigenvalue weighted by atomic mass is 10.2. The van der Waals surface area contributed by atoms with Crippen molar-refractivity contribution in [2.75, 3.05) is 13.2 Å². The van der Waals surface area contributed by atoms with Gasteiger partial charge in [0.2, 0.25) is 0 Å². The van der Waals surface area contributed by atoms with Crippen molar-refractivity contribution in [3.05, 3.63) is 83.7 Å². The zero-order valence-electron chi connectivity index (χ0n) is 22.7. The van der Waals surface area contributed by atoms with E-state index in [0.29, 0.717) is 30.3 Å². The Balaban J connectivity index is 1.48. The van der Waals surface area contributed by atoms with Crippen LogP contribution in [-0.2, 0) is 0 Å². The zero-order valence-corrected chi connectivity index (χ0v) is 22.7. The lowest BCUT2D eigenvalue weighted by molar-refractivity contribution is 0.0713. The first kappa shape index (κ1) is 29.7. The first-order valence-electron chi connectivity index (χ1n) is 13.7. The van der Waals surface area contributed by atoms with Crippen molar-refractivity contribution in [2.24, 2.45) is 0 Å². The van der Waals surface area contributed by atoms with Crippen LogP contribution in [0.3, 0.4) is 0 Å². The third kappa shape index (κ3) is 10.1. The van der Waals surface area contributed by atoms with E-state index in [4.69, 9.17) is 18.9 Å². The van der Waals surface area contributed by atoms with Crippen LogP contribution in [0.25, 0.3) is 0 Å². The van der Waals surface area contributed by atoms with E-state index in [2.05, 4.69) is 13.8 Å². The minimum absolute atomic E-state index is 0.00557. The first-order chi connectivity index (χ1) is 19.0. The van der Waals surface area contributed by atoms with Gasteiger partial charge in [-0.3, -0.25) is 0 Å². The summed E-state index contributed by atoms with van der Waals surface area (Å²) in [6.45, 7) is 5.55. The molecule has 0 radical (unpaired) electrons. The Hall–Kier alpha value is -3.87. The van der Waals surface area contributed by atoms with Gasteiger partial charge in [-0.2, -0.15) is 0 Å². The highest BCUT2D eigenvalue weighted by Gasteiger charge is 2.15. The van der Waals surface area contributed by atoms with Crippen LogP contribution in [0.5, 0.6) is 23.0 Å². The summed E-state index contributed by atoms with van der Waals surface area (Å²) in [7, 11) is 0. The molecule has 7 heteroatoms. The third-order valence-corrected chi connectivity index (χ3v) is 6.03. The molecule has 0 unspecified atom stereocenters. The van der Waals surface area contributed by atoms with Crippen molar-refractivity contribution in [2.45, 2.75) is 65.2 Å². The fraction of sp³-hybridized carbons (Fsp3) is 0.375. The van der Waals surface area contributed by atoms with Gasteiger partial charge in [-0.15, -0.1) is 0 Å². The van der Waals surface area contributed by atoms with E-state index in [-0.39, 0.29) is 17.1 Å². The standard InChI is InChI=1S/C32H37FO6/c1-3-5-7-9-21-36-26-15-11-24(12-16-26)31(34)38-28-19-20-30(29(33)23-28)39-32(35)25-13-17-27(18-14-25)37-22-10-8-6-4-2/h11-20,23H,3-10,21-22H2,1-2H3. The van der Waals surface area contributed by atoms with Crippen LogP contribution in [0.2, 0.25) is 0 Å². The smallest absolute Gasteiger partial charge is 0.343 e. The lowest BCUT2D eigenvalue weighted by Crippen LogP contribution is -2.11. The number of carbonyl (C=O) groups excluding carboxylic acids is 2. The summed E-state index contributed by atoms with van der Waals surface area (Å²) in [5, 5.41) is 0. The normalized spacial score (nSPS) is 10.6. The van der Waals surface area contributed by atoms with Crippen molar-refractivity contribution in [3.8, 4) is 23.0 Å². The van der Waals surface area contributed by atoms with Gasteiger partial charge < -0.3 is 18.9 Å². The topological polar surface area (TPSA) is 71.1 Å². The van der Waals surface area contributed by atoms with E-state index >= 15 is 0 Å².